The normalized spacial score (nSPS) is 18.9. The average molecular weight is 194 g/mol. The molecule has 1 aliphatic heterocycles. The van der Waals surface area contributed by atoms with Gasteiger partial charge in [-0.15, -0.1) is 0 Å². The fourth-order valence-electron chi connectivity index (χ4n) is 2.03. The van der Waals surface area contributed by atoms with Crippen LogP contribution in [-0.4, -0.2) is 17.8 Å². The first-order valence-corrected chi connectivity index (χ1v) is 5.18. The molecule has 0 saturated carbocycles. The molecule has 0 aromatic heterocycles. The smallest absolute Gasteiger partial charge is 0.0607 e. The Balaban J connectivity index is 3.15. The number of rotatable bonds is 1. The molecule has 1 heterocycles. The molecule has 0 aromatic rings. The predicted octanol–water partition coefficient (Wildman–Crippen LogP) is 2.54. The summed E-state index contributed by atoms with van der Waals surface area (Å²) in [5, 5.41) is 0. The van der Waals surface area contributed by atoms with Crippen LogP contribution in [0.2, 0.25) is 0 Å². The third-order valence-corrected chi connectivity index (χ3v) is 2.49. The van der Waals surface area contributed by atoms with E-state index in [4.69, 9.17) is 5.73 Å². The van der Waals surface area contributed by atoms with E-state index < -0.39 is 0 Å². The van der Waals surface area contributed by atoms with Crippen LogP contribution >= 0.6 is 0 Å². The SMILES string of the molecule is CC1=C(C(C)(C)N)C(C(C)(C)C)=NC1. The number of hydrogen-bond acceptors (Lipinski definition) is 2. The lowest BCUT2D eigenvalue weighted by Gasteiger charge is -2.30. The molecule has 80 valence electrons. The Hall–Kier alpha value is -0.630. The quantitative estimate of drug-likeness (QED) is 0.684. The highest BCUT2D eigenvalue weighted by Crippen LogP contribution is 2.33. The van der Waals surface area contributed by atoms with Crippen LogP contribution in [0.4, 0.5) is 0 Å². The summed E-state index contributed by atoms with van der Waals surface area (Å²) in [4.78, 5) is 4.60. The Morgan fingerprint density at radius 2 is 1.64 bits per heavy atom. The second-order valence-electron chi connectivity index (χ2n) is 5.79. The lowest BCUT2D eigenvalue weighted by Crippen LogP contribution is -2.41. The molecule has 0 aliphatic carbocycles. The van der Waals surface area contributed by atoms with Gasteiger partial charge in [0.2, 0.25) is 0 Å². The van der Waals surface area contributed by atoms with E-state index in [-0.39, 0.29) is 11.0 Å². The van der Waals surface area contributed by atoms with Crippen LogP contribution in [0.1, 0.15) is 41.5 Å². The van der Waals surface area contributed by atoms with Crippen LogP contribution in [-0.2, 0) is 0 Å². The molecular formula is C12H22N2. The molecule has 0 amide bonds. The summed E-state index contributed by atoms with van der Waals surface area (Å²) < 4.78 is 0. The minimum Gasteiger partial charge on any atom is -0.322 e. The van der Waals surface area contributed by atoms with E-state index in [2.05, 4.69) is 46.5 Å². The second kappa shape index (κ2) is 3.20. The van der Waals surface area contributed by atoms with Crippen molar-refractivity contribution in [3.05, 3.63) is 11.1 Å². The first kappa shape index (κ1) is 11.4. The van der Waals surface area contributed by atoms with Crippen molar-refractivity contribution in [1.82, 2.24) is 0 Å². The van der Waals surface area contributed by atoms with Crippen molar-refractivity contribution in [2.45, 2.75) is 47.1 Å². The van der Waals surface area contributed by atoms with Gasteiger partial charge < -0.3 is 5.73 Å². The van der Waals surface area contributed by atoms with E-state index in [1.165, 1.54) is 16.9 Å². The summed E-state index contributed by atoms with van der Waals surface area (Å²) >= 11 is 0. The minimum absolute atomic E-state index is 0.101. The molecule has 0 spiro atoms. The van der Waals surface area contributed by atoms with Crippen molar-refractivity contribution in [3.63, 3.8) is 0 Å². The maximum atomic E-state index is 6.18. The van der Waals surface area contributed by atoms with Crippen LogP contribution < -0.4 is 5.73 Å². The zero-order valence-corrected chi connectivity index (χ0v) is 10.2. The van der Waals surface area contributed by atoms with E-state index in [0.29, 0.717) is 0 Å². The van der Waals surface area contributed by atoms with Gasteiger partial charge in [-0.2, -0.15) is 0 Å². The molecule has 2 nitrogen and oxygen atoms in total. The van der Waals surface area contributed by atoms with Crippen LogP contribution in [0, 0.1) is 5.41 Å². The fourth-order valence-corrected chi connectivity index (χ4v) is 2.03. The van der Waals surface area contributed by atoms with Gasteiger partial charge in [0.1, 0.15) is 0 Å². The summed E-state index contributed by atoms with van der Waals surface area (Å²) in [5.74, 6) is 0. The van der Waals surface area contributed by atoms with Gasteiger partial charge in [-0.1, -0.05) is 20.8 Å². The largest absolute Gasteiger partial charge is 0.322 e. The molecule has 0 unspecified atom stereocenters. The zero-order valence-electron chi connectivity index (χ0n) is 10.2. The first-order chi connectivity index (χ1) is 6.14. The van der Waals surface area contributed by atoms with Gasteiger partial charge in [-0.05, 0) is 31.9 Å². The number of nitrogens with zero attached hydrogens (tertiary/aromatic N) is 1. The molecule has 1 aliphatic rings. The molecule has 0 atom stereocenters. The molecule has 0 fully saturated rings. The Bertz CT molecular complexity index is 295. The number of nitrogens with two attached hydrogens (primary N) is 1. The van der Waals surface area contributed by atoms with Crippen molar-refractivity contribution < 1.29 is 0 Å². The van der Waals surface area contributed by atoms with E-state index in [0.717, 1.165) is 6.54 Å². The lowest BCUT2D eigenvalue weighted by atomic mass is 9.78. The second-order valence-corrected chi connectivity index (χ2v) is 5.79. The summed E-state index contributed by atoms with van der Waals surface area (Å²) in [6, 6.07) is 0. The lowest BCUT2D eigenvalue weighted by molar-refractivity contribution is 0.564. The molecule has 0 radical (unpaired) electrons. The number of hydrogen-bond donors (Lipinski definition) is 1. The average Bonchev–Trinajstić information content (AvgIpc) is 2.27. The Kier molecular flexibility index (Phi) is 2.61. The molecular weight excluding hydrogens is 172 g/mol. The highest BCUT2D eigenvalue weighted by Gasteiger charge is 2.34. The van der Waals surface area contributed by atoms with Crippen molar-refractivity contribution in [3.8, 4) is 0 Å². The van der Waals surface area contributed by atoms with Gasteiger partial charge in [-0.3, -0.25) is 4.99 Å². The van der Waals surface area contributed by atoms with Crippen molar-refractivity contribution in [2.24, 2.45) is 16.1 Å². The van der Waals surface area contributed by atoms with Gasteiger partial charge in [0, 0.05) is 16.7 Å². The molecule has 2 heteroatoms. The van der Waals surface area contributed by atoms with Crippen LogP contribution in [0.25, 0.3) is 0 Å². The van der Waals surface area contributed by atoms with E-state index in [9.17, 15) is 0 Å². The molecule has 0 bridgehead atoms. The van der Waals surface area contributed by atoms with E-state index >= 15 is 0 Å². The molecule has 1 rings (SSSR count). The third kappa shape index (κ3) is 2.06. The molecule has 0 saturated heterocycles. The highest BCUT2D eigenvalue weighted by molar-refractivity contribution is 6.07. The van der Waals surface area contributed by atoms with Crippen LogP contribution in [0.3, 0.4) is 0 Å². The summed E-state index contributed by atoms with van der Waals surface area (Å²) in [7, 11) is 0. The zero-order chi connectivity index (χ0) is 11.1. The standard InChI is InChI=1S/C12H22N2/c1-8-7-14-10(11(2,3)4)9(8)12(5,6)13/h7,13H2,1-6H3. The van der Waals surface area contributed by atoms with Crippen molar-refractivity contribution in [1.29, 1.82) is 0 Å². The van der Waals surface area contributed by atoms with E-state index in [1.807, 2.05) is 0 Å². The molecule has 2 N–H and O–H groups in total. The molecule has 14 heavy (non-hydrogen) atoms. The fraction of sp³-hybridized carbons (Fsp3) is 0.750. The summed E-state index contributed by atoms with van der Waals surface area (Å²) in [6.07, 6.45) is 0. The maximum absolute atomic E-state index is 6.18. The van der Waals surface area contributed by atoms with Crippen molar-refractivity contribution >= 4 is 5.71 Å². The van der Waals surface area contributed by atoms with Gasteiger partial charge in [-0.25, -0.2) is 0 Å². The minimum atomic E-state index is -0.271. The predicted molar refractivity (Wildman–Crippen MR) is 62.7 cm³/mol. The third-order valence-electron chi connectivity index (χ3n) is 2.49. The Morgan fingerprint density at radius 3 is 1.93 bits per heavy atom. The Morgan fingerprint density at radius 1 is 1.14 bits per heavy atom. The summed E-state index contributed by atoms with van der Waals surface area (Å²) in [6.45, 7) is 13.6. The monoisotopic (exact) mass is 194 g/mol. The van der Waals surface area contributed by atoms with Crippen LogP contribution in [0.15, 0.2) is 16.1 Å². The van der Waals surface area contributed by atoms with Gasteiger partial charge >= 0.3 is 0 Å². The van der Waals surface area contributed by atoms with Gasteiger partial charge in [0.25, 0.3) is 0 Å². The van der Waals surface area contributed by atoms with E-state index in [1.54, 1.807) is 0 Å². The van der Waals surface area contributed by atoms with Gasteiger partial charge in [0.05, 0.1) is 6.54 Å². The van der Waals surface area contributed by atoms with Crippen molar-refractivity contribution in [2.75, 3.05) is 6.54 Å². The number of aliphatic imine (C=N–C) groups is 1. The van der Waals surface area contributed by atoms with Crippen LogP contribution in [0.5, 0.6) is 0 Å². The Labute approximate surface area is 87.3 Å². The first-order valence-electron chi connectivity index (χ1n) is 5.18. The molecule has 0 aromatic carbocycles. The highest BCUT2D eigenvalue weighted by atomic mass is 14.8. The van der Waals surface area contributed by atoms with Gasteiger partial charge in [0.15, 0.2) is 0 Å². The summed E-state index contributed by atoms with van der Waals surface area (Å²) in [5.41, 5.74) is 9.77. The maximum Gasteiger partial charge on any atom is 0.0607 e. The topological polar surface area (TPSA) is 38.4 Å².